The quantitative estimate of drug-likeness (QED) is 0.462. The number of alkyl carbamates (subject to hydrolysis) is 1. The molecule has 0 aliphatic heterocycles. The number of hydrogen-bond donors (Lipinski definition) is 2. The fraction of sp³-hybridized carbons (Fsp3) is 0.800. The summed E-state index contributed by atoms with van der Waals surface area (Å²) in [7, 11) is 0. The molecule has 0 aliphatic carbocycles. The van der Waals surface area contributed by atoms with Crippen LogP contribution in [-0.2, 0) is 19.1 Å². The summed E-state index contributed by atoms with van der Waals surface area (Å²) < 4.78 is 9.76. The Kier molecular flexibility index (Phi) is 10.5. The van der Waals surface area contributed by atoms with Crippen LogP contribution in [0.5, 0.6) is 0 Å². The van der Waals surface area contributed by atoms with Crippen LogP contribution in [0.1, 0.15) is 47.5 Å². The van der Waals surface area contributed by atoms with Crippen LogP contribution in [0.4, 0.5) is 4.79 Å². The number of ether oxygens (including phenoxy) is 2. The van der Waals surface area contributed by atoms with Gasteiger partial charge in [-0.3, -0.25) is 9.59 Å². The van der Waals surface area contributed by atoms with Crippen LogP contribution in [0.15, 0.2) is 0 Å². The van der Waals surface area contributed by atoms with E-state index in [2.05, 4.69) is 5.32 Å². The lowest BCUT2D eigenvalue weighted by atomic mass is 10.2. The Morgan fingerprint density at radius 2 is 1.65 bits per heavy atom. The third-order valence-electron chi connectivity index (χ3n) is 3.00. The van der Waals surface area contributed by atoms with Gasteiger partial charge in [-0.2, -0.15) is 0 Å². The zero-order valence-electron chi connectivity index (χ0n) is 14.3. The zero-order chi connectivity index (χ0) is 18.0. The topological polar surface area (TPSA) is 102 Å². The third-order valence-corrected chi connectivity index (χ3v) is 4.75. The maximum atomic E-state index is 11.6. The number of aliphatic carboxylic acids is 1. The highest BCUT2D eigenvalue weighted by Gasteiger charge is 2.23. The minimum atomic E-state index is -1.03. The lowest BCUT2D eigenvalue weighted by Crippen LogP contribution is -2.38. The van der Waals surface area contributed by atoms with E-state index in [4.69, 9.17) is 9.47 Å². The SMILES string of the molecule is CCC(CC)S[C@@H](CNC(=O)O[C@H](C)OC(=O)C(C)C)C(=O)O. The number of carbonyl (C=O) groups is 3. The number of hydrogen-bond acceptors (Lipinski definition) is 6. The van der Waals surface area contributed by atoms with Gasteiger partial charge in [-0.1, -0.05) is 27.7 Å². The lowest BCUT2D eigenvalue weighted by Gasteiger charge is -2.20. The number of carboxylic acids is 1. The van der Waals surface area contributed by atoms with Crippen LogP contribution in [-0.4, -0.2) is 46.5 Å². The average molecular weight is 349 g/mol. The van der Waals surface area contributed by atoms with Gasteiger partial charge in [-0.25, -0.2) is 4.79 Å². The first-order chi connectivity index (χ1) is 10.7. The van der Waals surface area contributed by atoms with Gasteiger partial charge in [-0.05, 0) is 12.8 Å². The van der Waals surface area contributed by atoms with Crippen LogP contribution < -0.4 is 5.32 Å². The fourth-order valence-electron chi connectivity index (χ4n) is 1.60. The molecule has 0 heterocycles. The van der Waals surface area contributed by atoms with E-state index >= 15 is 0 Å². The number of rotatable bonds is 10. The van der Waals surface area contributed by atoms with E-state index in [-0.39, 0.29) is 17.7 Å². The van der Waals surface area contributed by atoms with Crippen molar-refractivity contribution in [1.29, 1.82) is 0 Å². The molecular formula is C15H27NO6S. The summed E-state index contributed by atoms with van der Waals surface area (Å²) in [6.07, 6.45) is -0.125. The Bertz CT molecular complexity index is 397. The van der Waals surface area contributed by atoms with Crippen LogP contribution >= 0.6 is 11.8 Å². The summed E-state index contributed by atoms with van der Waals surface area (Å²) in [6.45, 7) is 8.69. The van der Waals surface area contributed by atoms with Crippen molar-refractivity contribution in [2.24, 2.45) is 5.92 Å². The first-order valence-corrected chi connectivity index (χ1v) is 8.68. The van der Waals surface area contributed by atoms with Crippen LogP contribution in [0.2, 0.25) is 0 Å². The number of nitrogens with one attached hydrogen (secondary N) is 1. The Labute approximate surface area is 141 Å². The molecule has 0 aromatic carbocycles. The zero-order valence-corrected chi connectivity index (χ0v) is 15.1. The Morgan fingerprint density at radius 1 is 1.09 bits per heavy atom. The fourth-order valence-corrected chi connectivity index (χ4v) is 2.74. The number of amides is 1. The molecular weight excluding hydrogens is 322 g/mol. The molecule has 0 radical (unpaired) electrons. The van der Waals surface area contributed by atoms with E-state index in [0.29, 0.717) is 0 Å². The van der Waals surface area contributed by atoms with Crippen molar-refractivity contribution in [3.63, 3.8) is 0 Å². The standard InChI is InChI=1S/C15H27NO6S/c1-6-11(7-2)23-12(13(17)18)8-16-15(20)22-10(5)21-14(19)9(3)4/h9-12H,6-8H2,1-5H3,(H,16,20)(H,17,18)/t10-,12+/m1/s1. The highest BCUT2D eigenvalue weighted by Crippen LogP contribution is 2.23. The summed E-state index contributed by atoms with van der Waals surface area (Å²) >= 11 is 1.32. The van der Waals surface area contributed by atoms with Gasteiger partial charge in [0.1, 0.15) is 5.25 Å². The van der Waals surface area contributed by atoms with Crippen molar-refractivity contribution >= 4 is 29.8 Å². The van der Waals surface area contributed by atoms with Crippen molar-refractivity contribution < 1.29 is 29.0 Å². The molecule has 0 spiro atoms. The molecule has 7 nitrogen and oxygen atoms in total. The highest BCUT2D eigenvalue weighted by molar-refractivity contribution is 8.01. The van der Waals surface area contributed by atoms with Crippen molar-refractivity contribution in [3.8, 4) is 0 Å². The Hall–Kier alpha value is -1.44. The van der Waals surface area contributed by atoms with E-state index in [1.54, 1.807) is 13.8 Å². The first kappa shape index (κ1) is 21.6. The van der Waals surface area contributed by atoms with E-state index < -0.39 is 29.6 Å². The van der Waals surface area contributed by atoms with Gasteiger partial charge in [-0.15, -0.1) is 11.8 Å². The second kappa shape index (κ2) is 11.2. The molecule has 0 unspecified atom stereocenters. The third kappa shape index (κ3) is 9.32. The van der Waals surface area contributed by atoms with Crippen LogP contribution in [0.25, 0.3) is 0 Å². The number of esters is 1. The molecule has 23 heavy (non-hydrogen) atoms. The van der Waals surface area contributed by atoms with Crippen molar-refractivity contribution in [3.05, 3.63) is 0 Å². The molecule has 0 bridgehead atoms. The van der Waals surface area contributed by atoms with Crippen molar-refractivity contribution in [2.75, 3.05) is 6.54 Å². The summed E-state index contributed by atoms with van der Waals surface area (Å²) in [6, 6.07) is 0. The molecule has 0 fully saturated rings. The molecule has 1 amide bonds. The lowest BCUT2D eigenvalue weighted by molar-refractivity contribution is -0.168. The van der Waals surface area contributed by atoms with E-state index in [1.165, 1.54) is 18.7 Å². The predicted molar refractivity (Wildman–Crippen MR) is 88.3 cm³/mol. The van der Waals surface area contributed by atoms with Gasteiger partial charge >= 0.3 is 18.0 Å². The normalized spacial score (nSPS) is 13.5. The molecule has 2 atom stereocenters. The van der Waals surface area contributed by atoms with Gasteiger partial charge < -0.3 is 19.9 Å². The molecule has 8 heteroatoms. The van der Waals surface area contributed by atoms with Gasteiger partial charge in [0.15, 0.2) is 0 Å². The maximum absolute atomic E-state index is 11.6. The summed E-state index contributed by atoms with van der Waals surface area (Å²) in [5, 5.41) is 11.1. The minimum Gasteiger partial charge on any atom is -0.480 e. The highest BCUT2D eigenvalue weighted by atomic mass is 32.2. The van der Waals surface area contributed by atoms with E-state index in [1.807, 2.05) is 13.8 Å². The molecule has 0 saturated carbocycles. The first-order valence-electron chi connectivity index (χ1n) is 7.74. The molecule has 0 aliphatic rings. The minimum absolute atomic E-state index is 0.0554. The molecule has 0 aromatic heterocycles. The Morgan fingerprint density at radius 3 is 2.09 bits per heavy atom. The summed E-state index contributed by atoms with van der Waals surface area (Å²) in [5.41, 5.74) is 0. The van der Waals surface area contributed by atoms with Crippen LogP contribution in [0, 0.1) is 5.92 Å². The van der Waals surface area contributed by atoms with Gasteiger partial charge in [0.05, 0.1) is 5.92 Å². The number of carbonyl (C=O) groups excluding carboxylic acids is 2. The van der Waals surface area contributed by atoms with Crippen LogP contribution in [0.3, 0.4) is 0 Å². The Balaban J connectivity index is 4.31. The van der Waals surface area contributed by atoms with Crippen molar-refractivity contribution in [2.45, 2.75) is 64.3 Å². The predicted octanol–water partition coefficient (Wildman–Crippen LogP) is 2.63. The molecule has 0 saturated heterocycles. The van der Waals surface area contributed by atoms with Gasteiger partial charge in [0, 0.05) is 18.7 Å². The van der Waals surface area contributed by atoms with Crippen molar-refractivity contribution in [1.82, 2.24) is 5.32 Å². The molecule has 0 aromatic rings. The van der Waals surface area contributed by atoms with Gasteiger partial charge in [0.2, 0.25) is 6.29 Å². The van der Waals surface area contributed by atoms with E-state index in [9.17, 15) is 19.5 Å². The molecule has 0 rings (SSSR count). The second-order valence-corrected chi connectivity index (χ2v) is 6.85. The largest absolute Gasteiger partial charge is 0.480 e. The molecule has 2 N–H and O–H groups in total. The van der Waals surface area contributed by atoms with E-state index in [0.717, 1.165) is 12.8 Å². The molecule has 134 valence electrons. The maximum Gasteiger partial charge on any atom is 0.410 e. The summed E-state index contributed by atoms with van der Waals surface area (Å²) in [5.74, 6) is -1.78. The second-order valence-electron chi connectivity index (χ2n) is 5.35. The smallest absolute Gasteiger partial charge is 0.410 e. The van der Waals surface area contributed by atoms with Gasteiger partial charge in [0.25, 0.3) is 0 Å². The average Bonchev–Trinajstić information content (AvgIpc) is 2.46. The monoisotopic (exact) mass is 349 g/mol. The number of thioether (sulfide) groups is 1. The summed E-state index contributed by atoms with van der Waals surface area (Å²) in [4.78, 5) is 34.2. The number of carboxylic acid groups (broad SMARTS) is 1.